The number of aromatic amines is 1. The van der Waals surface area contributed by atoms with E-state index < -0.39 is 0 Å². The van der Waals surface area contributed by atoms with Gasteiger partial charge in [-0.2, -0.15) is 0 Å². The average Bonchev–Trinajstić information content (AvgIpc) is 2.83. The highest BCUT2D eigenvalue weighted by Gasteiger charge is 2.37. The maximum absolute atomic E-state index is 12.9. The van der Waals surface area contributed by atoms with Crippen molar-refractivity contribution in [2.75, 3.05) is 19.6 Å². The number of piperidine rings is 1. The fraction of sp³-hybridized carbons (Fsp3) is 0.526. The van der Waals surface area contributed by atoms with E-state index in [-0.39, 0.29) is 5.91 Å². The molecular formula is C19H25N5O. The van der Waals surface area contributed by atoms with Gasteiger partial charge < -0.3 is 9.88 Å². The van der Waals surface area contributed by atoms with Gasteiger partial charge in [0.2, 0.25) is 5.91 Å². The molecule has 5 rings (SSSR count). The van der Waals surface area contributed by atoms with Crippen molar-refractivity contribution < 1.29 is 4.79 Å². The van der Waals surface area contributed by atoms with Gasteiger partial charge in [0, 0.05) is 50.3 Å². The Kier molecular flexibility index (Phi) is 4.53. The van der Waals surface area contributed by atoms with Crippen molar-refractivity contribution in [1.29, 1.82) is 0 Å². The van der Waals surface area contributed by atoms with Crippen molar-refractivity contribution in [3.05, 3.63) is 47.8 Å². The molecule has 3 fully saturated rings. The number of fused-ring (bicyclic) bond motifs is 4. The molecule has 0 radical (unpaired) electrons. The van der Waals surface area contributed by atoms with Crippen molar-refractivity contribution in [1.82, 2.24) is 24.8 Å². The molecule has 3 aliphatic heterocycles. The van der Waals surface area contributed by atoms with E-state index >= 15 is 0 Å². The van der Waals surface area contributed by atoms with E-state index in [1.807, 2.05) is 12.1 Å². The van der Waals surface area contributed by atoms with E-state index in [1.165, 1.54) is 6.42 Å². The van der Waals surface area contributed by atoms with Crippen molar-refractivity contribution >= 4 is 5.91 Å². The Morgan fingerprint density at radius 1 is 1.32 bits per heavy atom. The quantitative estimate of drug-likeness (QED) is 0.922. The zero-order valence-electron chi connectivity index (χ0n) is 14.7. The molecule has 2 aromatic heterocycles. The summed E-state index contributed by atoms with van der Waals surface area (Å²) in [7, 11) is 0. The van der Waals surface area contributed by atoms with Crippen LogP contribution in [0.3, 0.4) is 0 Å². The molecular weight excluding hydrogens is 314 g/mol. The number of hydrogen-bond acceptors (Lipinski definition) is 4. The van der Waals surface area contributed by atoms with E-state index in [9.17, 15) is 4.79 Å². The van der Waals surface area contributed by atoms with E-state index in [4.69, 9.17) is 0 Å². The molecule has 3 aliphatic rings. The Hall–Kier alpha value is -2.21. The maximum Gasteiger partial charge on any atom is 0.227 e. The summed E-state index contributed by atoms with van der Waals surface area (Å²) < 4.78 is 0. The van der Waals surface area contributed by atoms with E-state index in [0.29, 0.717) is 18.4 Å². The molecule has 2 bridgehead atoms. The number of pyridine rings is 1. The van der Waals surface area contributed by atoms with Crippen molar-refractivity contribution in [2.24, 2.45) is 5.92 Å². The van der Waals surface area contributed by atoms with Crippen molar-refractivity contribution in [3.8, 4) is 0 Å². The lowest BCUT2D eigenvalue weighted by Gasteiger charge is -2.36. The predicted molar refractivity (Wildman–Crippen MR) is 94.8 cm³/mol. The highest BCUT2D eigenvalue weighted by Crippen LogP contribution is 2.29. The molecule has 2 aromatic rings. The van der Waals surface area contributed by atoms with Gasteiger partial charge in [-0.25, -0.2) is 4.98 Å². The van der Waals surface area contributed by atoms with Crippen LogP contribution >= 0.6 is 0 Å². The third kappa shape index (κ3) is 3.58. The first-order valence-corrected chi connectivity index (χ1v) is 9.08. The Morgan fingerprint density at radius 2 is 2.24 bits per heavy atom. The number of aryl methyl sites for hydroxylation is 1. The summed E-state index contributed by atoms with van der Waals surface area (Å²) >= 11 is 0. The summed E-state index contributed by atoms with van der Waals surface area (Å²) in [6.45, 7) is 5.83. The minimum atomic E-state index is 0.237. The molecule has 6 nitrogen and oxygen atoms in total. The van der Waals surface area contributed by atoms with Crippen molar-refractivity contribution in [2.45, 2.75) is 38.8 Å². The fourth-order valence-electron chi connectivity index (χ4n) is 4.15. The van der Waals surface area contributed by atoms with Crippen LogP contribution in [0.5, 0.6) is 0 Å². The SMILES string of the molecule is Cc1[nH]cnc1CN1C[C@@H]2CC[C@H](C1)N(C(=O)Cc1cccnc1)C2. The van der Waals surface area contributed by atoms with Crippen molar-refractivity contribution in [3.63, 3.8) is 0 Å². The summed E-state index contributed by atoms with van der Waals surface area (Å²) in [6.07, 6.45) is 8.09. The number of aromatic nitrogens is 3. The van der Waals surface area contributed by atoms with Crippen LogP contribution in [0, 0.1) is 12.8 Å². The number of imidazole rings is 1. The van der Waals surface area contributed by atoms with Gasteiger partial charge in [-0.05, 0) is 37.3 Å². The second kappa shape index (κ2) is 6.96. The number of amides is 1. The standard InChI is InChI=1S/C19H25N5O/c1-14-18(22-13-21-14)12-23-9-16-4-5-17(11-23)24(10-16)19(25)7-15-3-2-6-20-8-15/h2-3,6,8,13,16-17H,4-5,7,9-12H2,1H3,(H,21,22)/t16-,17+/m0/s1. The summed E-state index contributed by atoms with van der Waals surface area (Å²) in [4.78, 5) is 29.2. The van der Waals surface area contributed by atoms with Gasteiger partial charge in [0.1, 0.15) is 0 Å². The minimum Gasteiger partial charge on any atom is -0.348 e. The average molecular weight is 339 g/mol. The number of H-pyrrole nitrogens is 1. The summed E-state index contributed by atoms with van der Waals surface area (Å²) in [5.41, 5.74) is 3.26. The molecule has 5 heterocycles. The Bertz CT molecular complexity index is 728. The smallest absolute Gasteiger partial charge is 0.227 e. The van der Waals surface area contributed by atoms with Gasteiger partial charge in [-0.3, -0.25) is 14.7 Å². The monoisotopic (exact) mass is 339 g/mol. The van der Waals surface area contributed by atoms with Gasteiger partial charge in [-0.15, -0.1) is 0 Å². The van der Waals surface area contributed by atoms with Crippen LogP contribution in [0.15, 0.2) is 30.9 Å². The van der Waals surface area contributed by atoms with Crippen LogP contribution in [0.2, 0.25) is 0 Å². The second-order valence-corrected chi connectivity index (χ2v) is 7.35. The minimum absolute atomic E-state index is 0.237. The topological polar surface area (TPSA) is 65.1 Å². The number of carbonyl (C=O) groups excluding carboxylic acids is 1. The normalized spacial score (nSPS) is 23.6. The van der Waals surface area contributed by atoms with Crippen LogP contribution in [0.4, 0.5) is 0 Å². The number of nitrogens with one attached hydrogen (secondary N) is 1. The molecule has 25 heavy (non-hydrogen) atoms. The number of nitrogens with zero attached hydrogens (tertiary/aromatic N) is 4. The van der Waals surface area contributed by atoms with Crippen LogP contribution in [-0.2, 0) is 17.8 Å². The molecule has 0 spiro atoms. The first-order chi connectivity index (χ1) is 12.2. The van der Waals surface area contributed by atoms with E-state index in [1.54, 1.807) is 18.7 Å². The predicted octanol–water partition coefficient (Wildman–Crippen LogP) is 1.78. The maximum atomic E-state index is 12.9. The third-order valence-corrected chi connectivity index (χ3v) is 5.50. The Labute approximate surface area is 148 Å². The second-order valence-electron chi connectivity index (χ2n) is 7.35. The number of carbonyl (C=O) groups is 1. The molecule has 0 aromatic carbocycles. The molecule has 1 N–H and O–H groups in total. The van der Waals surface area contributed by atoms with Gasteiger partial charge >= 0.3 is 0 Å². The van der Waals surface area contributed by atoms with Crippen LogP contribution in [0.25, 0.3) is 0 Å². The number of hydrogen-bond donors (Lipinski definition) is 1. The largest absolute Gasteiger partial charge is 0.348 e. The lowest BCUT2D eigenvalue weighted by Crippen LogP contribution is -2.48. The molecule has 2 atom stereocenters. The van der Waals surface area contributed by atoms with Gasteiger partial charge in [0.25, 0.3) is 0 Å². The fourth-order valence-corrected chi connectivity index (χ4v) is 4.15. The molecule has 132 valence electrons. The Morgan fingerprint density at radius 3 is 3.00 bits per heavy atom. The Balaban J connectivity index is 1.44. The number of rotatable bonds is 4. The summed E-state index contributed by atoms with van der Waals surface area (Å²) in [5.74, 6) is 0.802. The molecule has 3 saturated heterocycles. The highest BCUT2D eigenvalue weighted by atomic mass is 16.2. The van der Waals surface area contributed by atoms with Crippen LogP contribution in [0.1, 0.15) is 29.8 Å². The van der Waals surface area contributed by atoms with Gasteiger partial charge in [-0.1, -0.05) is 6.07 Å². The zero-order valence-corrected chi connectivity index (χ0v) is 14.7. The van der Waals surface area contributed by atoms with E-state index in [2.05, 4.69) is 31.7 Å². The van der Waals surface area contributed by atoms with Crippen LogP contribution in [-0.4, -0.2) is 56.3 Å². The molecule has 0 aliphatic carbocycles. The van der Waals surface area contributed by atoms with Gasteiger partial charge in [0.05, 0.1) is 18.4 Å². The van der Waals surface area contributed by atoms with Crippen LogP contribution < -0.4 is 0 Å². The molecule has 0 saturated carbocycles. The first kappa shape index (κ1) is 16.3. The molecule has 6 heteroatoms. The third-order valence-electron chi connectivity index (χ3n) is 5.50. The molecule has 1 amide bonds. The molecule has 0 unspecified atom stereocenters. The highest BCUT2D eigenvalue weighted by molar-refractivity contribution is 5.79. The zero-order chi connectivity index (χ0) is 17.2. The summed E-state index contributed by atoms with van der Waals surface area (Å²) in [5, 5.41) is 0. The van der Waals surface area contributed by atoms with E-state index in [0.717, 1.165) is 49.6 Å². The van der Waals surface area contributed by atoms with Gasteiger partial charge in [0.15, 0.2) is 0 Å². The first-order valence-electron chi connectivity index (χ1n) is 9.08. The lowest BCUT2D eigenvalue weighted by atomic mass is 9.94. The summed E-state index contributed by atoms with van der Waals surface area (Å²) in [6, 6.07) is 4.20. The lowest BCUT2D eigenvalue weighted by molar-refractivity contribution is -0.134.